The van der Waals surface area contributed by atoms with Gasteiger partial charge in [-0.05, 0) is 62.5 Å². The predicted molar refractivity (Wildman–Crippen MR) is 96.7 cm³/mol. The van der Waals surface area contributed by atoms with E-state index >= 15 is 0 Å². The molecule has 2 heterocycles. The predicted octanol–water partition coefficient (Wildman–Crippen LogP) is 2.99. The summed E-state index contributed by atoms with van der Waals surface area (Å²) in [6.07, 6.45) is 8.95. The van der Waals surface area contributed by atoms with Crippen molar-refractivity contribution in [2.24, 2.45) is 0 Å². The van der Waals surface area contributed by atoms with Crippen LogP contribution in [0.3, 0.4) is 0 Å². The quantitative estimate of drug-likeness (QED) is 0.834. The highest BCUT2D eigenvalue weighted by Gasteiger charge is 2.38. The number of benzene rings is 1. The smallest absolute Gasteiger partial charge is 0.244 e. The molecule has 2 aliphatic heterocycles. The summed E-state index contributed by atoms with van der Waals surface area (Å²) in [7, 11) is 0. The van der Waals surface area contributed by atoms with Crippen molar-refractivity contribution >= 4 is 12.0 Å². The summed E-state index contributed by atoms with van der Waals surface area (Å²) >= 11 is 0. The Bertz CT molecular complexity index is 588. The van der Waals surface area contributed by atoms with Crippen LogP contribution in [0.4, 0.5) is 4.39 Å². The number of rotatable bonds is 5. The van der Waals surface area contributed by atoms with Gasteiger partial charge in [-0.25, -0.2) is 4.39 Å². The minimum Gasteiger partial charge on any atom is -0.381 e. The lowest BCUT2D eigenvalue weighted by atomic mass is 9.86. The summed E-state index contributed by atoms with van der Waals surface area (Å²) < 4.78 is 18.5. The van der Waals surface area contributed by atoms with Crippen LogP contribution in [0.1, 0.15) is 37.7 Å². The van der Waals surface area contributed by atoms with Crippen LogP contribution in [-0.4, -0.2) is 49.2 Å². The number of piperidine rings is 1. The maximum atomic E-state index is 12.9. The Morgan fingerprint density at radius 2 is 1.84 bits per heavy atom. The van der Waals surface area contributed by atoms with Gasteiger partial charge < -0.3 is 10.1 Å². The third-order valence-electron chi connectivity index (χ3n) is 5.34. The van der Waals surface area contributed by atoms with Crippen LogP contribution in [0.5, 0.6) is 0 Å². The number of hydrogen-bond acceptors (Lipinski definition) is 3. The molecule has 0 unspecified atom stereocenters. The van der Waals surface area contributed by atoms with Gasteiger partial charge in [-0.15, -0.1) is 0 Å². The summed E-state index contributed by atoms with van der Waals surface area (Å²) in [6.45, 7) is 4.40. The lowest BCUT2D eigenvalue weighted by Gasteiger charge is -2.48. The molecular weight excluding hydrogens is 319 g/mol. The molecule has 0 radical (unpaired) electrons. The summed E-state index contributed by atoms with van der Waals surface area (Å²) in [5, 5.41) is 3.08. The minimum absolute atomic E-state index is 0.0258. The van der Waals surface area contributed by atoms with E-state index in [1.807, 2.05) is 0 Å². The van der Waals surface area contributed by atoms with Crippen LogP contribution >= 0.6 is 0 Å². The molecule has 1 aromatic rings. The molecule has 0 atom stereocenters. The highest BCUT2D eigenvalue weighted by Crippen LogP contribution is 2.30. The van der Waals surface area contributed by atoms with Crippen LogP contribution in [0, 0.1) is 5.82 Å². The third-order valence-corrected chi connectivity index (χ3v) is 5.34. The molecule has 1 aromatic carbocycles. The molecule has 0 aliphatic carbocycles. The number of halogens is 1. The maximum Gasteiger partial charge on any atom is 0.244 e. The Balaban J connectivity index is 1.58. The van der Waals surface area contributed by atoms with E-state index in [0.29, 0.717) is 6.54 Å². The lowest BCUT2D eigenvalue weighted by molar-refractivity contribution is -0.118. The van der Waals surface area contributed by atoms with E-state index in [1.165, 1.54) is 37.5 Å². The zero-order valence-corrected chi connectivity index (χ0v) is 14.7. The van der Waals surface area contributed by atoms with E-state index in [-0.39, 0.29) is 17.3 Å². The maximum absolute atomic E-state index is 12.9. The number of hydrogen-bond donors (Lipinski definition) is 1. The fourth-order valence-electron chi connectivity index (χ4n) is 3.78. The van der Waals surface area contributed by atoms with Crippen LogP contribution in [0.2, 0.25) is 0 Å². The van der Waals surface area contributed by atoms with Crippen LogP contribution in [0.15, 0.2) is 30.3 Å². The van der Waals surface area contributed by atoms with Crippen molar-refractivity contribution in [2.75, 3.05) is 32.8 Å². The SMILES string of the molecule is O=C(C=Cc1ccc(F)cc1)NCC1(N2CCCCC2)CCOCC1. The summed E-state index contributed by atoms with van der Waals surface area (Å²) in [4.78, 5) is 14.8. The van der Waals surface area contributed by atoms with Crippen molar-refractivity contribution < 1.29 is 13.9 Å². The summed E-state index contributed by atoms with van der Waals surface area (Å²) in [5.74, 6) is -0.378. The molecule has 25 heavy (non-hydrogen) atoms. The second-order valence-electron chi connectivity index (χ2n) is 6.99. The van der Waals surface area contributed by atoms with Gasteiger partial charge in [0.1, 0.15) is 5.82 Å². The number of nitrogens with zero attached hydrogens (tertiary/aromatic N) is 1. The van der Waals surface area contributed by atoms with Crippen LogP contribution in [-0.2, 0) is 9.53 Å². The van der Waals surface area contributed by atoms with Gasteiger partial charge in [0.2, 0.25) is 5.91 Å². The fourth-order valence-corrected chi connectivity index (χ4v) is 3.78. The highest BCUT2D eigenvalue weighted by molar-refractivity contribution is 5.91. The second-order valence-corrected chi connectivity index (χ2v) is 6.99. The third kappa shape index (κ3) is 4.89. The van der Waals surface area contributed by atoms with Crippen molar-refractivity contribution in [1.29, 1.82) is 0 Å². The molecular formula is C20H27FN2O2. The number of likely N-dealkylation sites (tertiary alicyclic amines) is 1. The Hall–Kier alpha value is -1.72. The molecule has 0 aromatic heterocycles. The first-order chi connectivity index (χ1) is 12.2. The van der Waals surface area contributed by atoms with Crippen molar-refractivity contribution in [2.45, 2.75) is 37.6 Å². The average molecular weight is 346 g/mol. The second kappa shape index (κ2) is 8.59. The Morgan fingerprint density at radius 1 is 1.16 bits per heavy atom. The lowest BCUT2D eigenvalue weighted by Crippen LogP contribution is -2.59. The van der Waals surface area contributed by atoms with Crippen molar-refractivity contribution in [3.8, 4) is 0 Å². The first kappa shape index (κ1) is 18.1. The van der Waals surface area contributed by atoms with Crippen LogP contribution in [0.25, 0.3) is 6.08 Å². The molecule has 2 fully saturated rings. The Morgan fingerprint density at radius 3 is 2.52 bits per heavy atom. The molecule has 0 bridgehead atoms. The molecule has 1 N–H and O–H groups in total. The van der Waals surface area contributed by atoms with E-state index in [2.05, 4.69) is 10.2 Å². The van der Waals surface area contributed by atoms with Crippen molar-refractivity contribution in [1.82, 2.24) is 10.2 Å². The minimum atomic E-state index is -0.274. The largest absolute Gasteiger partial charge is 0.381 e. The van der Waals surface area contributed by atoms with Gasteiger partial charge in [-0.3, -0.25) is 9.69 Å². The van der Waals surface area contributed by atoms with E-state index in [0.717, 1.165) is 44.7 Å². The first-order valence-corrected chi connectivity index (χ1v) is 9.22. The zero-order chi connectivity index (χ0) is 17.5. The number of ether oxygens (including phenoxy) is 1. The Labute approximate surface area is 149 Å². The van der Waals surface area contributed by atoms with Crippen molar-refractivity contribution in [3.63, 3.8) is 0 Å². The standard InChI is InChI=1S/C20H27FN2O2/c21-18-7-4-17(5-8-18)6-9-19(24)22-16-20(10-14-25-15-11-20)23-12-2-1-3-13-23/h4-9H,1-3,10-16H2,(H,22,24). The number of carbonyl (C=O) groups is 1. The van der Waals surface area contributed by atoms with Gasteiger partial charge in [0.15, 0.2) is 0 Å². The van der Waals surface area contributed by atoms with Crippen LogP contribution < -0.4 is 5.32 Å². The average Bonchev–Trinajstić information content (AvgIpc) is 2.67. The normalized spacial score (nSPS) is 21.3. The molecule has 2 saturated heterocycles. The molecule has 0 saturated carbocycles. The van der Waals surface area contributed by atoms with Gasteiger partial charge in [0, 0.05) is 31.4 Å². The Kier molecular flexibility index (Phi) is 6.21. The van der Waals surface area contributed by atoms with Gasteiger partial charge in [-0.1, -0.05) is 18.6 Å². The zero-order valence-electron chi connectivity index (χ0n) is 14.7. The molecule has 5 heteroatoms. The van der Waals surface area contributed by atoms with Gasteiger partial charge in [0.05, 0.1) is 0 Å². The topological polar surface area (TPSA) is 41.6 Å². The van der Waals surface area contributed by atoms with Gasteiger partial charge in [0.25, 0.3) is 0 Å². The monoisotopic (exact) mass is 346 g/mol. The van der Waals surface area contributed by atoms with Crippen molar-refractivity contribution in [3.05, 3.63) is 41.7 Å². The number of carbonyl (C=O) groups excluding carboxylic acids is 1. The molecule has 136 valence electrons. The van der Waals surface area contributed by atoms with E-state index in [4.69, 9.17) is 4.74 Å². The van der Waals surface area contributed by atoms with E-state index < -0.39 is 0 Å². The fraction of sp³-hybridized carbons (Fsp3) is 0.550. The van der Waals surface area contributed by atoms with E-state index in [1.54, 1.807) is 18.2 Å². The number of nitrogens with one attached hydrogen (secondary N) is 1. The van der Waals surface area contributed by atoms with E-state index in [9.17, 15) is 9.18 Å². The summed E-state index contributed by atoms with van der Waals surface area (Å²) in [5.41, 5.74) is 0.839. The molecule has 1 amide bonds. The molecule has 2 aliphatic rings. The molecule has 4 nitrogen and oxygen atoms in total. The highest BCUT2D eigenvalue weighted by atomic mass is 19.1. The number of amides is 1. The summed E-state index contributed by atoms with van der Waals surface area (Å²) in [6, 6.07) is 6.11. The molecule has 3 rings (SSSR count). The molecule has 0 spiro atoms. The van der Waals surface area contributed by atoms with Gasteiger partial charge in [-0.2, -0.15) is 0 Å². The first-order valence-electron chi connectivity index (χ1n) is 9.22. The van der Waals surface area contributed by atoms with Gasteiger partial charge >= 0.3 is 0 Å².